The number of hydrogen-bond acceptors (Lipinski definition) is 3. The molecule has 0 heterocycles. The normalized spacial score (nSPS) is 8.90. The van der Waals surface area contributed by atoms with Crippen LogP contribution in [0.25, 0.3) is 11.1 Å². The molecule has 2 rings (SSSR count). The van der Waals surface area contributed by atoms with Gasteiger partial charge in [-0.2, -0.15) is 0 Å². The van der Waals surface area contributed by atoms with Crippen LogP contribution in [0.4, 0.5) is 10.5 Å². The van der Waals surface area contributed by atoms with Crippen LogP contribution in [-0.2, 0) is 0 Å². The van der Waals surface area contributed by atoms with E-state index in [-0.39, 0.29) is 0 Å². The van der Waals surface area contributed by atoms with E-state index in [1.807, 2.05) is 59.0 Å². The zero-order valence-corrected chi connectivity index (χ0v) is 20.7. The molecule has 174 valence electrons. The molecular weight excluding hydrogens is 388 g/mol. The Morgan fingerprint density at radius 3 is 1.48 bits per heavy atom. The van der Waals surface area contributed by atoms with Crippen LogP contribution < -0.4 is 10.2 Å². The van der Waals surface area contributed by atoms with Crippen LogP contribution in [0.1, 0.15) is 78.6 Å². The molecule has 0 saturated carbocycles. The Balaban J connectivity index is 0. The van der Waals surface area contributed by atoms with Crippen molar-refractivity contribution < 1.29 is 14.7 Å². The Hall–Kier alpha value is -2.82. The zero-order valence-electron chi connectivity index (χ0n) is 20.7. The highest BCUT2D eigenvalue weighted by atomic mass is 16.4. The van der Waals surface area contributed by atoms with Crippen molar-refractivity contribution >= 4 is 17.7 Å². The van der Waals surface area contributed by atoms with Crippen molar-refractivity contribution in [3.63, 3.8) is 0 Å². The van der Waals surface area contributed by atoms with Gasteiger partial charge in [0.25, 0.3) is 5.91 Å². The minimum Gasteiger partial charge on any atom is -0.465 e. The number of amides is 2. The Bertz CT molecular complexity index is 704. The zero-order chi connectivity index (χ0) is 24.2. The van der Waals surface area contributed by atoms with Crippen LogP contribution >= 0.6 is 0 Å². The van der Waals surface area contributed by atoms with E-state index in [0.717, 1.165) is 37.1 Å². The summed E-state index contributed by atoms with van der Waals surface area (Å²) in [5, 5.41) is 10.4. The van der Waals surface area contributed by atoms with Crippen LogP contribution in [0.5, 0.6) is 0 Å². The Morgan fingerprint density at radius 2 is 1.13 bits per heavy atom. The minimum absolute atomic E-state index is 0.319. The summed E-state index contributed by atoms with van der Waals surface area (Å²) < 4.78 is 0. The van der Waals surface area contributed by atoms with Crippen molar-refractivity contribution in [3.8, 4) is 11.1 Å². The van der Waals surface area contributed by atoms with Gasteiger partial charge >= 0.3 is 6.09 Å². The maximum atomic E-state index is 11.6. The fourth-order valence-electron chi connectivity index (χ4n) is 2.76. The number of carbonyl (C=O) groups is 2. The number of nitrogens with one attached hydrogen (secondary N) is 1. The third-order valence-corrected chi connectivity index (χ3v) is 3.92. The predicted octanol–water partition coefficient (Wildman–Crippen LogP) is 7.47. The number of benzene rings is 2. The first-order valence-electron chi connectivity index (χ1n) is 11.5. The maximum Gasteiger partial charge on any atom is 0.411 e. The van der Waals surface area contributed by atoms with Crippen molar-refractivity contribution in [2.75, 3.05) is 18.0 Å². The van der Waals surface area contributed by atoms with Gasteiger partial charge in [0.2, 0.25) is 0 Å². The average molecular weight is 431 g/mol. The first kappa shape index (κ1) is 30.4. The molecule has 2 N–H and O–H groups in total. The molecule has 2 aromatic carbocycles. The highest BCUT2D eigenvalue weighted by Gasteiger charge is 2.09. The highest BCUT2D eigenvalue weighted by Crippen LogP contribution is 2.24. The molecule has 0 aliphatic carbocycles. The van der Waals surface area contributed by atoms with Crippen molar-refractivity contribution in [3.05, 3.63) is 54.1 Å². The number of carboxylic acid groups (broad SMARTS) is 1. The maximum absolute atomic E-state index is 11.6. The summed E-state index contributed by atoms with van der Waals surface area (Å²) in [7, 11) is 0. The van der Waals surface area contributed by atoms with E-state index in [2.05, 4.69) is 43.0 Å². The summed E-state index contributed by atoms with van der Waals surface area (Å²) in [6.45, 7) is 18.4. The van der Waals surface area contributed by atoms with Gasteiger partial charge in [-0.1, -0.05) is 79.7 Å². The van der Waals surface area contributed by atoms with E-state index < -0.39 is 12.0 Å². The summed E-state index contributed by atoms with van der Waals surface area (Å²) in [4.78, 5) is 24.5. The van der Waals surface area contributed by atoms with Crippen LogP contribution in [0.3, 0.4) is 0 Å². The summed E-state index contributed by atoms with van der Waals surface area (Å²) in [5.74, 6) is -0.621. The van der Waals surface area contributed by atoms with Gasteiger partial charge in [0, 0.05) is 24.3 Å². The Labute approximate surface area is 189 Å². The lowest BCUT2D eigenvalue weighted by Gasteiger charge is -2.24. The molecule has 0 atom stereocenters. The molecule has 5 nitrogen and oxygen atoms in total. The van der Waals surface area contributed by atoms with Crippen LogP contribution in [0, 0.1) is 0 Å². The molecule has 0 radical (unpaired) electrons. The molecule has 0 aliphatic rings. The van der Waals surface area contributed by atoms with E-state index >= 15 is 0 Å². The summed E-state index contributed by atoms with van der Waals surface area (Å²) in [5.41, 5.74) is 3.57. The number of nitrogens with zero attached hydrogens (tertiary/aromatic N) is 1. The molecule has 0 saturated heterocycles. The van der Waals surface area contributed by atoms with Crippen LogP contribution in [-0.4, -0.2) is 30.2 Å². The quantitative estimate of drug-likeness (QED) is 0.478. The van der Waals surface area contributed by atoms with Crippen molar-refractivity contribution in [2.45, 2.75) is 68.2 Å². The van der Waals surface area contributed by atoms with Gasteiger partial charge in [-0.25, -0.2) is 4.79 Å². The molecular formula is C26H42N2O3. The van der Waals surface area contributed by atoms with Gasteiger partial charge in [0.05, 0.1) is 0 Å². The monoisotopic (exact) mass is 430 g/mol. The Morgan fingerprint density at radius 1 is 0.742 bits per heavy atom. The van der Waals surface area contributed by atoms with Crippen molar-refractivity contribution in [1.82, 2.24) is 5.32 Å². The molecule has 0 aliphatic heterocycles. The smallest absolute Gasteiger partial charge is 0.411 e. The van der Waals surface area contributed by atoms with E-state index in [4.69, 9.17) is 5.11 Å². The number of anilines is 1. The number of carbonyl (C=O) groups excluding carboxylic acids is 1. The van der Waals surface area contributed by atoms with E-state index in [1.54, 1.807) is 12.1 Å². The first-order chi connectivity index (χ1) is 15.0. The lowest BCUT2D eigenvalue weighted by Crippen LogP contribution is -2.28. The van der Waals surface area contributed by atoms with Gasteiger partial charge in [-0.3, -0.25) is 10.1 Å². The van der Waals surface area contributed by atoms with Gasteiger partial charge in [0.1, 0.15) is 0 Å². The number of hydrogen-bond donors (Lipinski definition) is 2. The average Bonchev–Trinajstić information content (AvgIpc) is 2.83. The second-order valence-corrected chi connectivity index (χ2v) is 5.87. The first-order valence-corrected chi connectivity index (χ1v) is 11.5. The van der Waals surface area contributed by atoms with E-state index in [1.165, 1.54) is 5.69 Å². The second kappa shape index (κ2) is 19.2. The van der Waals surface area contributed by atoms with Crippen LogP contribution in [0.15, 0.2) is 48.5 Å². The molecule has 0 fully saturated rings. The molecule has 0 spiro atoms. The summed E-state index contributed by atoms with van der Waals surface area (Å²) in [6, 6.07) is 15.3. The largest absolute Gasteiger partial charge is 0.465 e. The Kier molecular flexibility index (Phi) is 18.8. The van der Waals surface area contributed by atoms with Gasteiger partial charge in [0.15, 0.2) is 0 Å². The molecule has 2 amide bonds. The third kappa shape index (κ3) is 11.2. The van der Waals surface area contributed by atoms with E-state index in [9.17, 15) is 9.59 Å². The predicted molar refractivity (Wildman–Crippen MR) is 134 cm³/mol. The van der Waals surface area contributed by atoms with Gasteiger partial charge in [-0.15, -0.1) is 0 Å². The van der Waals surface area contributed by atoms with Gasteiger partial charge in [-0.05, 0) is 48.2 Å². The fraction of sp³-hybridized carbons (Fsp3) is 0.462. The molecule has 0 bridgehead atoms. The molecule has 0 unspecified atom stereocenters. The van der Waals surface area contributed by atoms with Crippen LogP contribution in [0.2, 0.25) is 0 Å². The molecule has 0 aromatic heterocycles. The van der Waals surface area contributed by atoms with Crippen molar-refractivity contribution in [1.29, 1.82) is 0 Å². The number of imide groups is 1. The second-order valence-electron chi connectivity index (χ2n) is 5.87. The lowest BCUT2D eigenvalue weighted by molar-refractivity contribution is 0.0948. The fourth-order valence-corrected chi connectivity index (χ4v) is 2.76. The molecule has 5 heteroatoms. The topological polar surface area (TPSA) is 69.6 Å². The minimum atomic E-state index is -1.35. The molecule has 31 heavy (non-hydrogen) atoms. The standard InChI is InChI=1S/C20H24N2O3.3C2H6/c1-3-13-22(14-4-2)18-11-9-16(10-12-18)15-5-7-17(8-6-15)19(23)21-20(24)25;3*1-2/h5-12H,3-4,13-14H2,1-2H3,(H,21,23)(H,24,25);3*1-2H3. The van der Waals surface area contributed by atoms with Gasteiger partial charge < -0.3 is 10.0 Å². The lowest BCUT2D eigenvalue weighted by atomic mass is 10.0. The van der Waals surface area contributed by atoms with E-state index in [0.29, 0.717) is 5.56 Å². The van der Waals surface area contributed by atoms with Crippen molar-refractivity contribution in [2.24, 2.45) is 0 Å². The molecule has 2 aromatic rings. The highest BCUT2D eigenvalue weighted by molar-refractivity contribution is 6.02. The SMILES string of the molecule is CC.CC.CC.CCCN(CCC)c1ccc(-c2ccc(C(=O)NC(=O)O)cc2)cc1. The summed E-state index contributed by atoms with van der Waals surface area (Å²) >= 11 is 0. The summed E-state index contributed by atoms with van der Waals surface area (Å²) in [6.07, 6.45) is 0.872. The third-order valence-electron chi connectivity index (χ3n) is 3.92. The number of rotatable bonds is 7.